The molecule has 0 radical (unpaired) electrons. The van der Waals surface area contributed by atoms with Crippen LogP contribution in [-0.2, 0) is 4.74 Å². The normalized spacial score (nSPS) is 13.1. The fourth-order valence-electron chi connectivity index (χ4n) is 1.83. The fraction of sp³-hybridized carbons (Fsp3) is 0.429. The van der Waals surface area contributed by atoms with Gasteiger partial charge in [0.2, 0.25) is 0 Å². The maximum absolute atomic E-state index is 6.07. The van der Waals surface area contributed by atoms with Crippen molar-refractivity contribution in [3.05, 3.63) is 35.0 Å². The van der Waals surface area contributed by atoms with Gasteiger partial charge in [0.05, 0.1) is 11.1 Å². The molecule has 1 aromatic carbocycles. The van der Waals surface area contributed by atoms with Gasteiger partial charge in [-0.2, -0.15) is 0 Å². The molecule has 0 spiro atoms. The standard InChI is InChI=1S/C14H18ClNO2/c1-2-7-17-8-6-12(16)13-9-10-4-3-5-11(15)14(10)18-13/h3-5,9,12H,2,6-8,16H2,1H3. The van der Waals surface area contributed by atoms with Crippen LogP contribution in [0.1, 0.15) is 31.6 Å². The average molecular weight is 268 g/mol. The summed E-state index contributed by atoms with van der Waals surface area (Å²) in [6.07, 6.45) is 1.77. The first-order chi connectivity index (χ1) is 8.72. The summed E-state index contributed by atoms with van der Waals surface area (Å²) in [6.45, 7) is 3.51. The number of halogens is 1. The Balaban J connectivity index is 2.04. The van der Waals surface area contributed by atoms with Crippen molar-refractivity contribution in [2.45, 2.75) is 25.8 Å². The van der Waals surface area contributed by atoms with Crippen LogP contribution in [0.2, 0.25) is 5.02 Å². The smallest absolute Gasteiger partial charge is 0.152 e. The lowest BCUT2D eigenvalue weighted by Crippen LogP contribution is -2.12. The van der Waals surface area contributed by atoms with Crippen LogP contribution in [0.4, 0.5) is 0 Å². The Morgan fingerprint density at radius 1 is 1.39 bits per heavy atom. The van der Waals surface area contributed by atoms with Crippen LogP contribution < -0.4 is 5.73 Å². The van der Waals surface area contributed by atoms with Gasteiger partial charge in [0, 0.05) is 18.6 Å². The summed E-state index contributed by atoms with van der Waals surface area (Å²) < 4.78 is 11.1. The Hall–Kier alpha value is -1.03. The summed E-state index contributed by atoms with van der Waals surface area (Å²) in [6, 6.07) is 7.48. The minimum Gasteiger partial charge on any atom is -0.458 e. The predicted octanol–water partition coefficient (Wildman–Crippen LogP) is 3.90. The number of furan rings is 1. The van der Waals surface area contributed by atoms with E-state index in [0.29, 0.717) is 17.2 Å². The summed E-state index contributed by atoms with van der Waals surface area (Å²) >= 11 is 6.06. The number of para-hydroxylation sites is 1. The molecule has 98 valence electrons. The summed E-state index contributed by atoms with van der Waals surface area (Å²) in [7, 11) is 0. The Morgan fingerprint density at radius 2 is 2.22 bits per heavy atom. The Morgan fingerprint density at radius 3 is 2.94 bits per heavy atom. The van der Waals surface area contributed by atoms with Crippen LogP contribution in [-0.4, -0.2) is 13.2 Å². The van der Waals surface area contributed by atoms with E-state index in [0.717, 1.165) is 30.6 Å². The maximum Gasteiger partial charge on any atom is 0.152 e. The van der Waals surface area contributed by atoms with Gasteiger partial charge in [-0.15, -0.1) is 0 Å². The van der Waals surface area contributed by atoms with Crippen LogP contribution in [0.3, 0.4) is 0 Å². The summed E-state index contributed by atoms with van der Waals surface area (Å²) in [5.41, 5.74) is 6.78. The molecule has 0 bridgehead atoms. The zero-order valence-electron chi connectivity index (χ0n) is 10.5. The van der Waals surface area contributed by atoms with Crippen molar-refractivity contribution in [1.29, 1.82) is 0 Å². The van der Waals surface area contributed by atoms with Crippen LogP contribution in [0, 0.1) is 0 Å². The highest BCUT2D eigenvalue weighted by Gasteiger charge is 2.13. The van der Waals surface area contributed by atoms with E-state index < -0.39 is 0 Å². The van der Waals surface area contributed by atoms with Crippen LogP contribution in [0.25, 0.3) is 11.0 Å². The van der Waals surface area contributed by atoms with E-state index in [-0.39, 0.29) is 6.04 Å². The third-order valence-corrected chi connectivity index (χ3v) is 3.10. The summed E-state index contributed by atoms with van der Waals surface area (Å²) in [4.78, 5) is 0. The number of benzene rings is 1. The number of rotatable bonds is 6. The molecule has 1 unspecified atom stereocenters. The highest BCUT2D eigenvalue weighted by molar-refractivity contribution is 6.34. The Labute approximate surface area is 112 Å². The summed E-state index contributed by atoms with van der Waals surface area (Å²) in [5.74, 6) is 0.762. The number of fused-ring (bicyclic) bond motifs is 1. The SMILES string of the molecule is CCCOCCC(N)c1cc2cccc(Cl)c2o1. The number of nitrogens with two attached hydrogens (primary N) is 1. The molecule has 1 aromatic heterocycles. The zero-order valence-corrected chi connectivity index (χ0v) is 11.2. The van der Waals surface area contributed by atoms with Crippen molar-refractivity contribution in [2.75, 3.05) is 13.2 Å². The Bertz CT molecular complexity index is 509. The molecule has 2 aromatic rings. The second-order valence-electron chi connectivity index (χ2n) is 4.31. The molecule has 0 saturated carbocycles. The highest BCUT2D eigenvalue weighted by atomic mass is 35.5. The van der Waals surface area contributed by atoms with Crippen molar-refractivity contribution in [2.24, 2.45) is 5.73 Å². The molecule has 2 N–H and O–H groups in total. The van der Waals surface area contributed by atoms with E-state index in [1.165, 1.54) is 0 Å². The first-order valence-electron chi connectivity index (χ1n) is 6.23. The lowest BCUT2D eigenvalue weighted by Gasteiger charge is -2.08. The number of hydrogen-bond donors (Lipinski definition) is 1. The predicted molar refractivity (Wildman–Crippen MR) is 73.9 cm³/mol. The summed E-state index contributed by atoms with van der Waals surface area (Å²) in [5, 5.41) is 1.61. The molecule has 0 fully saturated rings. The van der Waals surface area contributed by atoms with Crippen LogP contribution in [0.5, 0.6) is 0 Å². The topological polar surface area (TPSA) is 48.4 Å². The fourth-order valence-corrected chi connectivity index (χ4v) is 2.05. The van der Waals surface area contributed by atoms with Crippen molar-refractivity contribution < 1.29 is 9.15 Å². The van der Waals surface area contributed by atoms with Crippen molar-refractivity contribution >= 4 is 22.6 Å². The molecule has 3 nitrogen and oxygen atoms in total. The molecule has 0 aliphatic rings. The quantitative estimate of drug-likeness (QED) is 0.808. The van der Waals surface area contributed by atoms with Crippen molar-refractivity contribution in [3.8, 4) is 0 Å². The van der Waals surface area contributed by atoms with Gasteiger partial charge in [-0.3, -0.25) is 0 Å². The zero-order chi connectivity index (χ0) is 13.0. The highest BCUT2D eigenvalue weighted by Crippen LogP contribution is 2.29. The number of hydrogen-bond acceptors (Lipinski definition) is 3. The molecule has 1 atom stereocenters. The minimum atomic E-state index is -0.148. The monoisotopic (exact) mass is 267 g/mol. The van der Waals surface area contributed by atoms with E-state index in [4.69, 9.17) is 26.5 Å². The third-order valence-electron chi connectivity index (χ3n) is 2.80. The molecule has 0 saturated heterocycles. The van der Waals surface area contributed by atoms with Crippen LogP contribution in [0.15, 0.2) is 28.7 Å². The van der Waals surface area contributed by atoms with Gasteiger partial charge in [0.1, 0.15) is 5.76 Å². The molecule has 0 aliphatic carbocycles. The van der Waals surface area contributed by atoms with Gasteiger partial charge in [0.15, 0.2) is 5.58 Å². The maximum atomic E-state index is 6.07. The van der Waals surface area contributed by atoms with E-state index >= 15 is 0 Å². The first kappa shape index (κ1) is 13.4. The molecular formula is C14H18ClNO2. The average Bonchev–Trinajstić information content (AvgIpc) is 2.80. The number of ether oxygens (including phenoxy) is 1. The van der Waals surface area contributed by atoms with E-state index in [1.54, 1.807) is 0 Å². The van der Waals surface area contributed by atoms with Crippen LogP contribution >= 0.6 is 11.6 Å². The minimum absolute atomic E-state index is 0.148. The van der Waals surface area contributed by atoms with Gasteiger partial charge in [-0.05, 0) is 25.0 Å². The van der Waals surface area contributed by atoms with E-state index in [2.05, 4.69) is 6.92 Å². The second kappa shape index (κ2) is 6.23. The van der Waals surface area contributed by atoms with Crippen molar-refractivity contribution in [3.63, 3.8) is 0 Å². The van der Waals surface area contributed by atoms with Gasteiger partial charge >= 0.3 is 0 Å². The molecular weight excluding hydrogens is 250 g/mol. The van der Waals surface area contributed by atoms with Gasteiger partial charge in [-0.1, -0.05) is 30.7 Å². The van der Waals surface area contributed by atoms with Gasteiger partial charge < -0.3 is 14.9 Å². The molecule has 0 amide bonds. The van der Waals surface area contributed by atoms with Gasteiger partial charge in [-0.25, -0.2) is 0 Å². The first-order valence-corrected chi connectivity index (χ1v) is 6.61. The lowest BCUT2D eigenvalue weighted by molar-refractivity contribution is 0.126. The lowest BCUT2D eigenvalue weighted by atomic mass is 10.1. The second-order valence-corrected chi connectivity index (χ2v) is 4.72. The molecule has 4 heteroatoms. The third kappa shape index (κ3) is 3.05. The molecule has 1 heterocycles. The Kier molecular flexibility index (Phi) is 4.64. The van der Waals surface area contributed by atoms with Crippen molar-refractivity contribution in [1.82, 2.24) is 0 Å². The molecule has 2 rings (SSSR count). The largest absolute Gasteiger partial charge is 0.458 e. The van der Waals surface area contributed by atoms with Gasteiger partial charge in [0.25, 0.3) is 0 Å². The van der Waals surface area contributed by atoms with E-state index in [9.17, 15) is 0 Å². The van der Waals surface area contributed by atoms with E-state index in [1.807, 2.05) is 24.3 Å². The molecule has 18 heavy (non-hydrogen) atoms. The molecule has 0 aliphatic heterocycles.